The number of ether oxygens (including phenoxy) is 2. The second-order valence-electron chi connectivity index (χ2n) is 3.41. The van der Waals surface area contributed by atoms with Crippen molar-refractivity contribution in [3.63, 3.8) is 0 Å². The van der Waals surface area contributed by atoms with Gasteiger partial charge in [-0.25, -0.2) is 0 Å². The van der Waals surface area contributed by atoms with E-state index in [9.17, 15) is 0 Å². The van der Waals surface area contributed by atoms with E-state index in [0.29, 0.717) is 0 Å². The second-order valence-corrected chi connectivity index (χ2v) is 3.91. The lowest BCUT2D eigenvalue weighted by molar-refractivity contribution is 0.151. The fourth-order valence-corrected chi connectivity index (χ4v) is 2.07. The van der Waals surface area contributed by atoms with Gasteiger partial charge < -0.3 is 9.47 Å². The molecule has 0 amide bonds. The van der Waals surface area contributed by atoms with Crippen LogP contribution in [-0.4, -0.2) is 23.7 Å². The van der Waals surface area contributed by atoms with E-state index in [1.165, 1.54) is 0 Å². The molecule has 4 atom stereocenters. The highest BCUT2D eigenvalue weighted by Gasteiger charge is 2.65. The fraction of sp³-hybridized carbons (Fsp3) is 0.400. The summed E-state index contributed by atoms with van der Waals surface area (Å²) in [6.45, 7) is 0. The third-order valence-electron chi connectivity index (χ3n) is 2.53. The van der Waals surface area contributed by atoms with Crippen molar-refractivity contribution in [3.05, 3.63) is 30.3 Å². The highest BCUT2D eigenvalue weighted by molar-refractivity contribution is 6.22. The predicted octanol–water partition coefficient (Wildman–Crippen LogP) is 1.82. The first-order valence-corrected chi connectivity index (χ1v) is 4.81. The zero-order chi connectivity index (χ0) is 8.84. The molecule has 2 fully saturated rings. The molecular formula is C10H9ClO2. The first-order chi connectivity index (χ1) is 6.36. The molecule has 0 N–H and O–H groups in total. The summed E-state index contributed by atoms with van der Waals surface area (Å²) in [7, 11) is 0. The van der Waals surface area contributed by atoms with E-state index < -0.39 is 0 Å². The summed E-state index contributed by atoms with van der Waals surface area (Å²) in [6, 6.07) is 9.71. The molecule has 2 nitrogen and oxygen atoms in total. The van der Waals surface area contributed by atoms with Gasteiger partial charge in [0.25, 0.3) is 0 Å². The van der Waals surface area contributed by atoms with Crippen LogP contribution in [-0.2, 0) is 4.74 Å². The minimum atomic E-state index is 0.0326. The van der Waals surface area contributed by atoms with Gasteiger partial charge in [-0.1, -0.05) is 18.2 Å². The molecule has 68 valence electrons. The summed E-state index contributed by atoms with van der Waals surface area (Å²) in [5, 5.41) is 0.0326. The molecule has 0 aromatic heterocycles. The van der Waals surface area contributed by atoms with Gasteiger partial charge in [-0.3, -0.25) is 0 Å². The Morgan fingerprint density at radius 3 is 2.54 bits per heavy atom. The van der Waals surface area contributed by atoms with Crippen molar-refractivity contribution in [1.82, 2.24) is 0 Å². The molecule has 3 rings (SSSR count). The number of alkyl halides is 1. The molecule has 1 aromatic rings. The van der Waals surface area contributed by atoms with Crippen LogP contribution in [0, 0.1) is 0 Å². The third-order valence-corrected chi connectivity index (χ3v) is 3.03. The van der Waals surface area contributed by atoms with Crippen LogP contribution in [0.2, 0.25) is 0 Å². The van der Waals surface area contributed by atoms with Crippen molar-refractivity contribution in [1.29, 1.82) is 0 Å². The Bertz CT molecular complexity index is 314. The molecule has 13 heavy (non-hydrogen) atoms. The van der Waals surface area contributed by atoms with Crippen LogP contribution < -0.4 is 4.74 Å². The molecule has 1 heterocycles. The van der Waals surface area contributed by atoms with Crippen LogP contribution in [0.5, 0.6) is 5.75 Å². The van der Waals surface area contributed by atoms with Crippen molar-refractivity contribution >= 4 is 11.6 Å². The van der Waals surface area contributed by atoms with E-state index >= 15 is 0 Å². The number of benzene rings is 1. The Hall–Kier alpha value is -0.730. The van der Waals surface area contributed by atoms with E-state index in [1.807, 2.05) is 30.3 Å². The van der Waals surface area contributed by atoms with Crippen LogP contribution in [0.4, 0.5) is 0 Å². The number of hydrogen-bond acceptors (Lipinski definition) is 2. The topological polar surface area (TPSA) is 21.8 Å². The Morgan fingerprint density at radius 1 is 1.15 bits per heavy atom. The first-order valence-electron chi connectivity index (χ1n) is 4.37. The number of fused-ring (bicyclic) bond motifs is 1. The fourth-order valence-electron chi connectivity index (χ4n) is 1.67. The number of para-hydroxylation sites is 1. The predicted molar refractivity (Wildman–Crippen MR) is 49.2 cm³/mol. The van der Waals surface area contributed by atoms with Gasteiger partial charge in [-0.05, 0) is 12.1 Å². The van der Waals surface area contributed by atoms with Crippen molar-refractivity contribution < 1.29 is 9.47 Å². The molecule has 1 aliphatic heterocycles. The average molecular weight is 197 g/mol. The smallest absolute Gasteiger partial charge is 0.146 e. The summed E-state index contributed by atoms with van der Waals surface area (Å²) in [5.74, 6) is 0.868. The van der Waals surface area contributed by atoms with E-state index in [1.54, 1.807) is 0 Å². The normalized spacial score (nSPS) is 40.4. The standard InChI is InChI=1S/C10H9ClO2/c11-7-8(10-9(7)13-10)12-6-4-2-1-3-5-6/h1-5,7-10H/t7?,8?,9-,10+/m0/s1. The minimum absolute atomic E-state index is 0.0326. The number of hydrogen-bond donors (Lipinski definition) is 0. The quantitative estimate of drug-likeness (QED) is 0.532. The molecule has 1 aliphatic carbocycles. The maximum atomic E-state index is 6.01. The van der Waals surface area contributed by atoms with Gasteiger partial charge in [-0.2, -0.15) is 0 Å². The lowest BCUT2D eigenvalue weighted by atomic mass is 9.95. The zero-order valence-corrected chi connectivity index (χ0v) is 7.65. The Morgan fingerprint density at radius 2 is 1.92 bits per heavy atom. The van der Waals surface area contributed by atoms with E-state index in [-0.39, 0.29) is 23.7 Å². The Balaban J connectivity index is 1.70. The summed E-state index contributed by atoms with van der Waals surface area (Å²) in [4.78, 5) is 0. The lowest BCUT2D eigenvalue weighted by Crippen LogP contribution is -2.47. The van der Waals surface area contributed by atoms with Crippen molar-refractivity contribution in [2.24, 2.45) is 0 Å². The maximum absolute atomic E-state index is 6.01. The van der Waals surface area contributed by atoms with Crippen molar-refractivity contribution in [2.45, 2.75) is 23.7 Å². The highest BCUT2D eigenvalue weighted by atomic mass is 35.5. The number of epoxide rings is 1. The third kappa shape index (κ3) is 1.13. The highest BCUT2D eigenvalue weighted by Crippen LogP contribution is 2.47. The van der Waals surface area contributed by atoms with Gasteiger partial charge >= 0.3 is 0 Å². The zero-order valence-electron chi connectivity index (χ0n) is 6.89. The van der Waals surface area contributed by atoms with Crippen LogP contribution in [0.3, 0.4) is 0 Å². The van der Waals surface area contributed by atoms with Crippen LogP contribution in [0.1, 0.15) is 0 Å². The molecule has 0 bridgehead atoms. The van der Waals surface area contributed by atoms with Crippen LogP contribution in [0.15, 0.2) is 30.3 Å². The second kappa shape index (κ2) is 2.63. The molecular weight excluding hydrogens is 188 g/mol. The summed E-state index contributed by atoms with van der Waals surface area (Å²) in [6.07, 6.45) is 0.562. The molecule has 1 saturated carbocycles. The minimum Gasteiger partial charge on any atom is -0.486 e. The maximum Gasteiger partial charge on any atom is 0.146 e. The van der Waals surface area contributed by atoms with Crippen LogP contribution >= 0.6 is 11.6 Å². The molecule has 1 saturated heterocycles. The van der Waals surface area contributed by atoms with Gasteiger partial charge in [0, 0.05) is 0 Å². The van der Waals surface area contributed by atoms with Gasteiger partial charge in [0.15, 0.2) is 0 Å². The lowest BCUT2D eigenvalue weighted by Gasteiger charge is -2.27. The Labute approximate surface area is 81.4 Å². The van der Waals surface area contributed by atoms with E-state index in [4.69, 9.17) is 21.1 Å². The van der Waals surface area contributed by atoms with Gasteiger partial charge in [0.1, 0.15) is 29.4 Å². The molecule has 2 aliphatic rings. The van der Waals surface area contributed by atoms with E-state index in [2.05, 4.69) is 0 Å². The van der Waals surface area contributed by atoms with Gasteiger partial charge in [0.2, 0.25) is 0 Å². The summed E-state index contributed by atoms with van der Waals surface area (Å²) >= 11 is 6.01. The molecule has 0 radical (unpaired) electrons. The summed E-state index contributed by atoms with van der Waals surface area (Å²) < 4.78 is 10.9. The average Bonchev–Trinajstić information content (AvgIpc) is 2.91. The number of rotatable bonds is 2. The molecule has 1 aromatic carbocycles. The molecule has 3 heteroatoms. The molecule has 2 unspecified atom stereocenters. The van der Waals surface area contributed by atoms with Gasteiger partial charge in [0.05, 0.1) is 0 Å². The number of halogens is 1. The SMILES string of the molecule is ClC1C(Oc2ccccc2)[C@H]2O[C@@H]12. The summed E-state index contributed by atoms with van der Waals surface area (Å²) in [5.41, 5.74) is 0. The van der Waals surface area contributed by atoms with Crippen LogP contribution in [0.25, 0.3) is 0 Å². The van der Waals surface area contributed by atoms with Crippen molar-refractivity contribution in [2.75, 3.05) is 0 Å². The van der Waals surface area contributed by atoms with E-state index in [0.717, 1.165) is 5.75 Å². The Kier molecular flexibility index (Phi) is 1.55. The largest absolute Gasteiger partial charge is 0.486 e. The first kappa shape index (κ1) is 7.65. The van der Waals surface area contributed by atoms with Crippen molar-refractivity contribution in [3.8, 4) is 5.75 Å². The molecule has 0 spiro atoms. The monoisotopic (exact) mass is 196 g/mol. The van der Waals surface area contributed by atoms with Gasteiger partial charge in [-0.15, -0.1) is 11.6 Å².